The average Bonchev–Trinajstić information content (AvgIpc) is 3.37. The van der Waals surface area contributed by atoms with Gasteiger partial charge in [-0.25, -0.2) is 9.97 Å². The second kappa shape index (κ2) is 13.0. The van der Waals surface area contributed by atoms with Crippen LogP contribution in [0.1, 0.15) is 26.7 Å². The van der Waals surface area contributed by atoms with E-state index >= 15 is 0 Å². The standard InChI is InChI=1S/C20H20Cl2N4O3.C5H13N/c1-27-14-7-15(28-2)19(22)17(18(14)21)13-5-10-8-24-16(23)6-12(10)20(26-13)25-11-3-4-29-9-11;1-3-5-6-4-2/h5-8,11H,3-4,9H2,1-2H3,(H2,23,24)(H,25,26);6H,3-5H2,1-2H3. The number of nitrogens with two attached hydrogens (primary N) is 1. The van der Waals surface area contributed by atoms with Gasteiger partial charge in [0.05, 0.1) is 42.6 Å². The molecule has 35 heavy (non-hydrogen) atoms. The van der Waals surface area contributed by atoms with Gasteiger partial charge in [-0.1, -0.05) is 37.0 Å². The van der Waals surface area contributed by atoms with Crippen LogP contribution in [0.25, 0.3) is 22.0 Å². The average molecular weight is 522 g/mol. The van der Waals surface area contributed by atoms with Crippen LogP contribution in [0.3, 0.4) is 0 Å². The van der Waals surface area contributed by atoms with E-state index in [1.807, 2.05) is 6.07 Å². The van der Waals surface area contributed by atoms with Crippen molar-refractivity contribution in [2.75, 3.05) is 51.6 Å². The van der Waals surface area contributed by atoms with E-state index in [4.69, 9.17) is 48.1 Å². The first-order valence-electron chi connectivity index (χ1n) is 11.6. The highest BCUT2D eigenvalue weighted by Gasteiger charge is 2.22. The Hall–Kier alpha value is -2.52. The van der Waals surface area contributed by atoms with Crippen LogP contribution in [0.4, 0.5) is 11.6 Å². The van der Waals surface area contributed by atoms with Crippen molar-refractivity contribution in [2.24, 2.45) is 0 Å². The predicted octanol–water partition coefficient (Wildman–Crippen LogP) is 5.41. The highest BCUT2D eigenvalue weighted by Crippen LogP contribution is 2.46. The molecule has 0 amide bonds. The fraction of sp³-hybridized carbons (Fsp3) is 0.440. The van der Waals surface area contributed by atoms with E-state index < -0.39 is 0 Å². The first kappa shape index (κ1) is 27.1. The molecule has 1 aromatic carbocycles. The van der Waals surface area contributed by atoms with Crippen molar-refractivity contribution in [2.45, 2.75) is 32.7 Å². The molecule has 0 aliphatic carbocycles. The number of anilines is 2. The number of nitrogens with one attached hydrogen (secondary N) is 2. The molecule has 10 heteroatoms. The molecule has 0 bridgehead atoms. The molecule has 1 unspecified atom stereocenters. The molecule has 8 nitrogen and oxygen atoms in total. The summed E-state index contributed by atoms with van der Waals surface area (Å²) in [5.41, 5.74) is 7.00. The van der Waals surface area contributed by atoms with Gasteiger partial charge in [0.25, 0.3) is 0 Å². The maximum absolute atomic E-state index is 6.60. The number of ether oxygens (including phenoxy) is 3. The minimum atomic E-state index is 0.154. The third-order valence-electron chi connectivity index (χ3n) is 5.51. The molecular formula is C25H33Cl2N5O3. The molecule has 0 spiro atoms. The molecule has 1 saturated heterocycles. The molecule has 190 valence electrons. The molecule has 4 rings (SSSR count). The van der Waals surface area contributed by atoms with Crippen LogP contribution in [0.15, 0.2) is 24.4 Å². The molecule has 0 saturated carbocycles. The lowest BCUT2D eigenvalue weighted by Crippen LogP contribution is -2.20. The normalized spacial score (nSPS) is 15.0. The number of pyridine rings is 2. The molecular weight excluding hydrogens is 489 g/mol. The van der Waals surface area contributed by atoms with Gasteiger partial charge < -0.3 is 30.6 Å². The maximum atomic E-state index is 6.60. The number of aromatic nitrogens is 2. The third-order valence-corrected chi connectivity index (χ3v) is 6.26. The van der Waals surface area contributed by atoms with Crippen LogP contribution >= 0.6 is 23.2 Å². The van der Waals surface area contributed by atoms with Crippen LogP contribution in [-0.2, 0) is 4.74 Å². The van der Waals surface area contributed by atoms with Crippen molar-refractivity contribution in [3.05, 3.63) is 34.4 Å². The van der Waals surface area contributed by atoms with Crippen molar-refractivity contribution in [3.63, 3.8) is 0 Å². The van der Waals surface area contributed by atoms with Gasteiger partial charge in [-0.2, -0.15) is 0 Å². The first-order valence-corrected chi connectivity index (χ1v) is 12.4. The monoisotopic (exact) mass is 521 g/mol. The summed E-state index contributed by atoms with van der Waals surface area (Å²) in [4.78, 5) is 9.03. The first-order chi connectivity index (χ1) is 16.9. The molecule has 1 fully saturated rings. The van der Waals surface area contributed by atoms with E-state index in [1.165, 1.54) is 20.6 Å². The van der Waals surface area contributed by atoms with Gasteiger partial charge in [-0.3, -0.25) is 0 Å². The zero-order valence-electron chi connectivity index (χ0n) is 20.6. The molecule has 3 heterocycles. The zero-order valence-corrected chi connectivity index (χ0v) is 22.1. The number of nitrogens with zero attached hydrogens (tertiary/aromatic N) is 2. The maximum Gasteiger partial charge on any atom is 0.141 e. The SMILES string of the molecule is CCCNCC.COc1cc(OC)c(Cl)c(-c2cc3cnc(N)cc3c(NC3CCOC3)n2)c1Cl. The van der Waals surface area contributed by atoms with Gasteiger partial charge in [-0.05, 0) is 38.1 Å². The Balaban J connectivity index is 0.000000509. The molecule has 1 aliphatic rings. The van der Waals surface area contributed by atoms with Crippen molar-refractivity contribution < 1.29 is 14.2 Å². The van der Waals surface area contributed by atoms with E-state index in [0.717, 1.165) is 30.3 Å². The number of hydrogen-bond donors (Lipinski definition) is 3. The van der Waals surface area contributed by atoms with E-state index in [-0.39, 0.29) is 6.04 Å². The number of methoxy groups -OCH3 is 2. The Bertz CT molecular complexity index is 1110. The molecule has 4 N–H and O–H groups in total. The number of rotatable bonds is 8. The quantitative estimate of drug-likeness (QED) is 0.338. The van der Waals surface area contributed by atoms with E-state index in [9.17, 15) is 0 Å². The van der Waals surface area contributed by atoms with Gasteiger partial charge in [0.1, 0.15) is 23.1 Å². The van der Waals surface area contributed by atoms with Crippen molar-refractivity contribution >= 4 is 45.6 Å². The van der Waals surface area contributed by atoms with Crippen molar-refractivity contribution in [1.29, 1.82) is 0 Å². The Morgan fingerprint density at radius 3 is 2.37 bits per heavy atom. The lowest BCUT2D eigenvalue weighted by Gasteiger charge is -2.18. The largest absolute Gasteiger partial charge is 0.495 e. The van der Waals surface area contributed by atoms with Gasteiger partial charge in [0, 0.05) is 35.2 Å². The molecule has 0 radical (unpaired) electrons. The number of halogens is 2. The minimum Gasteiger partial charge on any atom is -0.495 e. The summed E-state index contributed by atoms with van der Waals surface area (Å²) in [7, 11) is 3.07. The summed E-state index contributed by atoms with van der Waals surface area (Å²) in [6, 6.07) is 5.46. The van der Waals surface area contributed by atoms with Crippen LogP contribution in [0, 0.1) is 0 Å². The summed E-state index contributed by atoms with van der Waals surface area (Å²) in [5, 5.41) is 9.05. The Morgan fingerprint density at radius 1 is 1.11 bits per heavy atom. The summed E-state index contributed by atoms with van der Waals surface area (Å²) in [5.74, 6) is 1.96. The fourth-order valence-corrected chi connectivity index (χ4v) is 4.40. The fourth-order valence-electron chi connectivity index (χ4n) is 3.71. The van der Waals surface area contributed by atoms with Crippen molar-refractivity contribution in [1.82, 2.24) is 15.3 Å². The highest BCUT2D eigenvalue weighted by molar-refractivity contribution is 6.41. The number of nitrogen functional groups attached to an aromatic ring is 1. The van der Waals surface area contributed by atoms with Gasteiger partial charge >= 0.3 is 0 Å². The molecule has 2 aromatic heterocycles. The summed E-state index contributed by atoms with van der Waals surface area (Å²) < 4.78 is 16.2. The smallest absolute Gasteiger partial charge is 0.141 e. The second-order valence-corrected chi connectivity index (χ2v) is 8.78. The highest BCUT2D eigenvalue weighted by atomic mass is 35.5. The lowest BCUT2D eigenvalue weighted by atomic mass is 10.1. The van der Waals surface area contributed by atoms with Gasteiger partial charge in [-0.15, -0.1) is 0 Å². The van der Waals surface area contributed by atoms with Crippen LogP contribution in [0.2, 0.25) is 10.0 Å². The number of hydrogen-bond acceptors (Lipinski definition) is 8. The van der Waals surface area contributed by atoms with Crippen LogP contribution in [-0.4, -0.2) is 56.5 Å². The molecule has 1 atom stereocenters. The number of benzene rings is 1. The summed E-state index contributed by atoms with van der Waals surface area (Å²) >= 11 is 13.2. The van der Waals surface area contributed by atoms with Gasteiger partial charge in [0.2, 0.25) is 0 Å². The Morgan fingerprint density at radius 2 is 1.83 bits per heavy atom. The third kappa shape index (κ3) is 6.58. The Kier molecular flexibility index (Phi) is 10.0. The predicted molar refractivity (Wildman–Crippen MR) is 144 cm³/mol. The summed E-state index contributed by atoms with van der Waals surface area (Å²) in [6.07, 6.45) is 3.84. The Labute approximate surface area is 216 Å². The van der Waals surface area contributed by atoms with Crippen LogP contribution in [0.5, 0.6) is 11.5 Å². The van der Waals surface area contributed by atoms with E-state index in [0.29, 0.717) is 57.7 Å². The van der Waals surface area contributed by atoms with Crippen LogP contribution < -0.4 is 25.8 Å². The van der Waals surface area contributed by atoms with Gasteiger partial charge in [0.15, 0.2) is 0 Å². The molecule has 1 aliphatic heterocycles. The zero-order chi connectivity index (χ0) is 25.4. The van der Waals surface area contributed by atoms with Crippen molar-refractivity contribution in [3.8, 4) is 22.8 Å². The van der Waals surface area contributed by atoms with E-state index in [1.54, 1.807) is 18.3 Å². The molecule has 3 aromatic rings. The summed E-state index contributed by atoms with van der Waals surface area (Å²) in [6.45, 7) is 7.88. The van der Waals surface area contributed by atoms with E-state index in [2.05, 4.69) is 29.5 Å². The number of fused-ring (bicyclic) bond motifs is 1. The second-order valence-electron chi connectivity index (χ2n) is 8.03. The minimum absolute atomic E-state index is 0.154. The lowest BCUT2D eigenvalue weighted by molar-refractivity contribution is 0.195. The topological polar surface area (TPSA) is 104 Å².